The SMILES string of the molecule is COc1ccc(OC)c(NC(=O)Cc2c[nH]c3cc(F)ccc23)c1. The van der Waals surface area contributed by atoms with Crippen molar-refractivity contribution in [1.29, 1.82) is 0 Å². The summed E-state index contributed by atoms with van der Waals surface area (Å²) in [6.07, 6.45) is 1.87. The van der Waals surface area contributed by atoms with Crippen molar-refractivity contribution in [3.8, 4) is 11.5 Å². The molecule has 3 rings (SSSR count). The minimum Gasteiger partial charge on any atom is -0.497 e. The average Bonchev–Trinajstić information content (AvgIpc) is 2.96. The maximum atomic E-state index is 13.2. The standard InChI is InChI=1S/C18H17FN2O3/c1-23-13-4-6-17(24-2)16(9-13)21-18(22)7-11-10-20-15-8-12(19)3-5-14(11)15/h3-6,8-10,20H,7H2,1-2H3,(H,21,22). The number of carbonyl (C=O) groups is 1. The number of benzene rings is 2. The van der Waals surface area contributed by atoms with E-state index in [2.05, 4.69) is 10.3 Å². The highest BCUT2D eigenvalue weighted by Gasteiger charge is 2.12. The molecular weight excluding hydrogens is 311 g/mol. The highest BCUT2D eigenvalue weighted by molar-refractivity contribution is 5.96. The zero-order chi connectivity index (χ0) is 17.1. The summed E-state index contributed by atoms with van der Waals surface area (Å²) >= 11 is 0. The number of methoxy groups -OCH3 is 2. The maximum absolute atomic E-state index is 13.2. The van der Waals surface area contributed by atoms with E-state index in [1.807, 2.05) is 0 Å². The fourth-order valence-electron chi connectivity index (χ4n) is 2.58. The lowest BCUT2D eigenvalue weighted by Gasteiger charge is -2.11. The van der Waals surface area contributed by atoms with E-state index in [1.165, 1.54) is 19.2 Å². The van der Waals surface area contributed by atoms with Crippen molar-refractivity contribution in [1.82, 2.24) is 4.98 Å². The highest BCUT2D eigenvalue weighted by atomic mass is 19.1. The summed E-state index contributed by atoms with van der Waals surface area (Å²) in [6, 6.07) is 9.62. The number of hydrogen-bond acceptors (Lipinski definition) is 3. The van der Waals surface area contributed by atoms with Crippen LogP contribution in [0.25, 0.3) is 10.9 Å². The minimum absolute atomic E-state index is 0.159. The predicted molar refractivity (Wildman–Crippen MR) is 90.1 cm³/mol. The van der Waals surface area contributed by atoms with Gasteiger partial charge in [-0.1, -0.05) is 0 Å². The van der Waals surface area contributed by atoms with Crippen LogP contribution in [0.2, 0.25) is 0 Å². The van der Waals surface area contributed by atoms with Gasteiger partial charge in [0.05, 0.1) is 26.3 Å². The number of fused-ring (bicyclic) bond motifs is 1. The van der Waals surface area contributed by atoms with Crippen LogP contribution >= 0.6 is 0 Å². The van der Waals surface area contributed by atoms with Crippen molar-refractivity contribution in [3.05, 3.63) is 54.0 Å². The monoisotopic (exact) mass is 328 g/mol. The van der Waals surface area contributed by atoms with Crippen LogP contribution in [0.5, 0.6) is 11.5 Å². The molecule has 0 aliphatic rings. The van der Waals surface area contributed by atoms with Crippen LogP contribution in [0.4, 0.5) is 10.1 Å². The third-order valence-corrected chi connectivity index (χ3v) is 3.76. The molecule has 124 valence electrons. The molecule has 0 aliphatic heterocycles. The molecule has 0 fully saturated rings. The predicted octanol–water partition coefficient (Wildman–Crippen LogP) is 3.51. The Kier molecular flexibility index (Phi) is 4.37. The molecule has 0 bridgehead atoms. The number of aromatic amines is 1. The van der Waals surface area contributed by atoms with E-state index < -0.39 is 0 Å². The second-order valence-electron chi connectivity index (χ2n) is 5.29. The van der Waals surface area contributed by atoms with Gasteiger partial charge in [0.2, 0.25) is 5.91 Å². The van der Waals surface area contributed by atoms with E-state index in [1.54, 1.807) is 37.6 Å². The number of ether oxygens (including phenoxy) is 2. The first-order valence-electron chi connectivity index (χ1n) is 7.38. The van der Waals surface area contributed by atoms with Gasteiger partial charge in [0.15, 0.2) is 0 Å². The Morgan fingerprint density at radius 3 is 2.75 bits per heavy atom. The molecule has 6 heteroatoms. The zero-order valence-corrected chi connectivity index (χ0v) is 13.4. The molecule has 2 N–H and O–H groups in total. The molecule has 24 heavy (non-hydrogen) atoms. The van der Waals surface area contributed by atoms with Gasteiger partial charge in [0.1, 0.15) is 17.3 Å². The van der Waals surface area contributed by atoms with Crippen LogP contribution in [0.1, 0.15) is 5.56 Å². The second-order valence-corrected chi connectivity index (χ2v) is 5.29. The van der Waals surface area contributed by atoms with E-state index in [4.69, 9.17) is 9.47 Å². The van der Waals surface area contributed by atoms with Gasteiger partial charge in [-0.05, 0) is 35.9 Å². The van der Waals surface area contributed by atoms with Crippen molar-refractivity contribution in [2.24, 2.45) is 0 Å². The van der Waals surface area contributed by atoms with Crippen molar-refractivity contribution in [2.45, 2.75) is 6.42 Å². The first-order chi connectivity index (χ1) is 11.6. The van der Waals surface area contributed by atoms with E-state index in [0.29, 0.717) is 22.7 Å². The number of H-pyrrole nitrogens is 1. The van der Waals surface area contributed by atoms with Crippen LogP contribution in [-0.2, 0) is 11.2 Å². The molecule has 0 saturated carbocycles. The first-order valence-corrected chi connectivity index (χ1v) is 7.38. The first kappa shape index (κ1) is 15.9. The lowest BCUT2D eigenvalue weighted by Crippen LogP contribution is -2.15. The average molecular weight is 328 g/mol. The van der Waals surface area contributed by atoms with Crippen LogP contribution in [-0.4, -0.2) is 25.1 Å². The molecule has 0 radical (unpaired) electrons. The summed E-state index contributed by atoms with van der Waals surface area (Å²) in [7, 11) is 3.09. The number of anilines is 1. The van der Waals surface area contributed by atoms with Gasteiger partial charge < -0.3 is 19.8 Å². The number of amides is 1. The largest absolute Gasteiger partial charge is 0.497 e. The number of halogens is 1. The lowest BCUT2D eigenvalue weighted by atomic mass is 10.1. The fourth-order valence-corrected chi connectivity index (χ4v) is 2.58. The Morgan fingerprint density at radius 2 is 2.00 bits per heavy atom. The second kappa shape index (κ2) is 6.62. The van der Waals surface area contributed by atoms with E-state index >= 15 is 0 Å². The number of nitrogens with one attached hydrogen (secondary N) is 2. The van der Waals surface area contributed by atoms with Gasteiger partial charge in [0.25, 0.3) is 0 Å². The molecular formula is C18H17FN2O3. The fraction of sp³-hybridized carbons (Fsp3) is 0.167. The molecule has 0 unspecified atom stereocenters. The molecule has 0 spiro atoms. The van der Waals surface area contributed by atoms with Gasteiger partial charge in [-0.15, -0.1) is 0 Å². The van der Waals surface area contributed by atoms with E-state index in [0.717, 1.165) is 10.9 Å². The summed E-state index contributed by atoms with van der Waals surface area (Å²) < 4.78 is 23.6. The normalized spacial score (nSPS) is 10.6. The molecule has 3 aromatic rings. The minimum atomic E-state index is -0.318. The molecule has 1 heterocycles. The third kappa shape index (κ3) is 3.17. The van der Waals surface area contributed by atoms with Crippen molar-refractivity contribution in [3.63, 3.8) is 0 Å². The summed E-state index contributed by atoms with van der Waals surface area (Å²) in [4.78, 5) is 15.3. The zero-order valence-electron chi connectivity index (χ0n) is 13.4. The Bertz CT molecular complexity index is 889. The molecule has 1 amide bonds. The molecule has 5 nitrogen and oxygen atoms in total. The highest BCUT2D eigenvalue weighted by Crippen LogP contribution is 2.29. The van der Waals surface area contributed by atoms with Crippen LogP contribution in [0.15, 0.2) is 42.6 Å². The topological polar surface area (TPSA) is 63.4 Å². The Labute approximate surface area is 138 Å². The maximum Gasteiger partial charge on any atom is 0.228 e. The number of rotatable bonds is 5. The van der Waals surface area contributed by atoms with Crippen LogP contribution in [0.3, 0.4) is 0 Å². The van der Waals surface area contributed by atoms with Gasteiger partial charge in [-0.25, -0.2) is 4.39 Å². The molecule has 2 aromatic carbocycles. The number of hydrogen-bond donors (Lipinski definition) is 2. The number of carbonyl (C=O) groups excluding carboxylic acids is 1. The Morgan fingerprint density at radius 1 is 1.17 bits per heavy atom. The van der Waals surface area contributed by atoms with Gasteiger partial charge in [-0.3, -0.25) is 4.79 Å². The molecule has 0 saturated heterocycles. The molecule has 0 aliphatic carbocycles. The summed E-state index contributed by atoms with van der Waals surface area (Å²) in [5.74, 6) is 0.645. The van der Waals surface area contributed by atoms with Crippen molar-refractivity contribution >= 4 is 22.5 Å². The van der Waals surface area contributed by atoms with Gasteiger partial charge in [-0.2, -0.15) is 0 Å². The van der Waals surface area contributed by atoms with Crippen LogP contribution < -0.4 is 14.8 Å². The Balaban J connectivity index is 1.80. The van der Waals surface area contributed by atoms with Gasteiger partial charge in [0, 0.05) is 23.2 Å². The molecule has 0 atom stereocenters. The van der Waals surface area contributed by atoms with E-state index in [-0.39, 0.29) is 18.1 Å². The summed E-state index contributed by atoms with van der Waals surface area (Å²) in [6.45, 7) is 0. The smallest absolute Gasteiger partial charge is 0.228 e. The third-order valence-electron chi connectivity index (χ3n) is 3.76. The van der Waals surface area contributed by atoms with Crippen LogP contribution in [0, 0.1) is 5.82 Å². The Hall–Kier alpha value is -3.02. The summed E-state index contributed by atoms with van der Waals surface area (Å²) in [5, 5.41) is 3.64. The summed E-state index contributed by atoms with van der Waals surface area (Å²) in [5.41, 5.74) is 1.99. The lowest BCUT2D eigenvalue weighted by molar-refractivity contribution is -0.115. The number of aromatic nitrogens is 1. The van der Waals surface area contributed by atoms with Crippen molar-refractivity contribution < 1.29 is 18.7 Å². The van der Waals surface area contributed by atoms with Crippen molar-refractivity contribution in [2.75, 3.05) is 19.5 Å². The quantitative estimate of drug-likeness (QED) is 0.753. The van der Waals surface area contributed by atoms with Gasteiger partial charge >= 0.3 is 0 Å². The van der Waals surface area contributed by atoms with E-state index in [9.17, 15) is 9.18 Å². The molecule has 1 aromatic heterocycles.